The number of phenolic OH excluding ortho intramolecular Hbond substituents is 1. The third kappa shape index (κ3) is 3.25. The molecular formula is C15H16O2. The van der Waals surface area contributed by atoms with E-state index in [0.717, 1.165) is 12.0 Å². The highest BCUT2D eigenvalue weighted by Gasteiger charge is 1.97. The first kappa shape index (κ1) is 11.5. The van der Waals surface area contributed by atoms with Crippen molar-refractivity contribution in [1.29, 1.82) is 0 Å². The van der Waals surface area contributed by atoms with Gasteiger partial charge in [-0.15, -0.1) is 0 Å². The molecule has 0 amide bonds. The Bertz CT molecular complexity index is 475. The number of hydrogen-bond acceptors (Lipinski definition) is 2. The molecule has 0 unspecified atom stereocenters. The summed E-state index contributed by atoms with van der Waals surface area (Å²) < 4.78 is 5.59. The second-order valence-corrected chi connectivity index (χ2v) is 3.96. The summed E-state index contributed by atoms with van der Waals surface area (Å²) in [6, 6.07) is 15.2. The van der Waals surface area contributed by atoms with E-state index in [2.05, 4.69) is 31.2 Å². The lowest BCUT2D eigenvalue weighted by atomic mass is 10.1. The van der Waals surface area contributed by atoms with Crippen LogP contribution in [0.2, 0.25) is 0 Å². The van der Waals surface area contributed by atoms with Crippen LogP contribution in [0.1, 0.15) is 18.1 Å². The molecule has 0 aliphatic carbocycles. The number of hydrogen-bond donors (Lipinski definition) is 1. The summed E-state index contributed by atoms with van der Waals surface area (Å²) in [4.78, 5) is 0. The number of aromatic hydroxyl groups is 1. The fourth-order valence-corrected chi connectivity index (χ4v) is 1.61. The average Bonchev–Trinajstić information content (AvgIpc) is 2.37. The van der Waals surface area contributed by atoms with Gasteiger partial charge in [0.1, 0.15) is 18.1 Å². The van der Waals surface area contributed by atoms with Crippen LogP contribution in [0.25, 0.3) is 0 Å². The zero-order chi connectivity index (χ0) is 12.1. The molecule has 0 radical (unpaired) electrons. The molecule has 0 saturated heterocycles. The highest BCUT2D eigenvalue weighted by molar-refractivity contribution is 5.32. The van der Waals surface area contributed by atoms with Crippen LogP contribution in [0.3, 0.4) is 0 Å². The van der Waals surface area contributed by atoms with Gasteiger partial charge in [0, 0.05) is 6.07 Å². The molecule has 0 atom stereocenters. The molecule has 0 aliphatic heterocycles. The van der Waals surface area contributed by atoms with Crippen molar-refractivity contribution in [2.45, 2.75) is 20.0 Å². The van der Waals surface area contributed by atoms with Gasteiger partial charge in [-0.05, 0) is 29.7 Å². The first-order valence-corrected chi connectivity index (χ1v) is 5.77. The van der Waals surface area contributed by atoms with Crippen molar-refractivity contribution in [3.05, 3.63) is 59.7 Å². The average molecular weight is 228 g/mol. The van der Waals surface area contributed by atoms with Crippen LogP contribution in [0.15, 0.2) is 48.5 Å². The summed E-state index contributed by atoms with van der Waals surface area (Å²) in [6.45, 7) is 2.66. The molecule has 0 heterocycles. The molecule has 1 N–H and O–H groups in total. The van der Waals surface area contributed by atoms with Crippen molar-refractivity contribution in [2.75, 3.05) is 0 Å². The number of benzene rings is 2. The van der Waals surface area contributed by atoms with E-state index >= 15 is 0 Å². The third-order valence-corrected chi connectivity index (χ3v) is 2.65. The molecule has 2 heteroatoms. The van der Waals surface area contributed by atoms with Gasteiger partial charge in [0.05, 0.1) is 0 Å². The minimum atomic E-state index is 0.226. The van der Waals surface area contributed by atoms with E-state index in [9.17, 15) is 5.11 Å². The van der Waals surface area contributed by atoms with E-state index in [1.54, 1.807) is 18.2 Å². The number of rotatable bonds is 4. The predicted octanol–water partition coefficient (Wildman–Crippen LogP) is 3.53. The van der Waals surface area contributed by atoms with Crippen LogP contribution < -0.4 is 4.74 Å². The predicted molar refractivity (Wildman–Crippen MR) is 68.3 cm³/mol. The Balaban J connectivity index is 1.97. The maximum Gasteiger partial charge on any atom is 0.123 e. The molecule has 0 fully saturated rings. The summed E-state index contributed by atoms with van der Waals surface area (Å²) in [5.74, 6) is 0.911. The summed E-state index contributed by atoms with van der Waals surface area (Å²) in [7, 11) is 0. The van der Waals surface area contributed by atoms with Crippen molar-refractivity contribution in [1.82, 2.24) is 0 Å². The van der Waals surface area contributed by atoms with Crippen molar-refractivity contribution in [3.63, 3.8) is 0 Å². The van der Waals surface area contributed by atoms with Crippen LogP contribution in [0.5, 0.6) is 11.5 Å². The van der Waals surface area contributed by atoms with Gasteiger partial charge in [-0.3, -0.25) is 0 Å². The van der Waals surface area contributed by atoms with E-state index in [4.69, 9.17) is 4.74 Å². The van der Waals surface area contributed by atoms with Crippen LogP contribution in [-0.2, 0) is 13.0 Å². The molecule has 0 aromatic heterocycles. The zero-order valence-electron chi connectivity index (χ0n) is 9.89. The van der Waals surface area contributed by atoms with Gasteiger partial charge < -0.3 is 9.84 Å². The lowest BCUT2D eigenvalue weighted by Gasteiger charge is -2.07. The van der Waals surface area contributed by atoms with Crippen molar-refractivity contribution >= 4 is 0 Å². The topological polar surface area (TPSA) is 29.5 Å². The lowest BCUT2D eigenvalue weighted by molar-refractivity contribution is 0.304. The normalized spacial score (nSPS) is 10.2. The Morgan fingerprint density at radius 3 is 2.35 bits per heavy atom. The van der Waals surface area contributed by atoms with Gasteiger partial charge in [0.25, 0.3) is 0 Å². The first-order valence-electron chi connectivity index (χ1n) is 5.77. The van der Waals surface area contributed by atoms with Crippen LogP contribution >= 0.6 is 0 Å². The SMILES string of the molecule is CCc1ccc(COc2cccc(O)c2)cc1. The van der Waals surface area contributed by atoms with Crippen molar-refractivity contribution in [3.8, 4) is 11.5 Å². The molecule has 0 spiro atoms. The molecule has 2 nitrogen and oxygen atoms in total. The molecular weight excluding hydrogens is 212 g/mol. The molecule has 17 heavy (non-hydrogen) atoms. The molecule has 0 bridgehead atoms. The summed E-state index contributed by atoms with van der Waals surface area (Å²) >= 11 is 0. The number of phenols is 1. The minimum Gasteiger partial charge on any atom is -0.508 e. The zero-order valence-corrected chi connectivity index (χ0v) is 9.89. The quantitative estimate of drug-likeness (QED) is 0.867. The van der Waals surface area contributed by atoms with Gasteiger partial charge in [-0.2, -0.15) is 0 Å². The Labute approximate surface area is 101 Å². The smallest absolute Gasteiger partial charge is 0.123 e. The largest absolute Gasteiger partial charge is 0.508 e. The van der Waals surface area contributed by atoms with E-state index in [1.165, 1.54) is 5.56 Å². The maximum atomic E-state index is 9.30. The molecule has 88 valence electrons. The molecule has 0 aliphatic rings. The fraction of sp³-hybridized carbons (Fsp3) is 0.200. The van der Waals surface area contributed by atoms with Crippen molar-refractivity contribution in [2.24, 2.45) is 0 Å². The standard InChI is InChI=1S/C15H16O2/c1-2-12-6-8-13(9-7-12)11-17-15-5-3-4-14(16)10-15/h3-10,16H,2,11H2,1H3. The van der Waals surface area contributed by atoms with E-state index in [1.807, 2.05) is 6.07 Å². The summed E-state index contributed by atoms with van der Waals surface area (Å²) in [5, 5.41) is 9.30. The Hall–Kier alpha value is -1.96. The van der Waals surface area contributed by atoms with Gasteiger partial charge in [0.2, 0.25) is 0 Å². The van der Waals surface area contributed by atoms with Crippen LogP contribution in [0.4, 0.5) is 0 Å². The van der Waals surface area contributed by atoms with Crippen LogP contribution in [-0.4, -0.2) is 5.11 Å². The van der Waals surface area contributed by atoms with Crippen molar-refractivity contribution < 1.29 is 9.84 Å². The third-order valence-electron chi connectivity index (χ3n) is 2.65. The number of ether oxygens (including phenoxy) is 1. The molecule has 2 aromatic carbocycles. The van der Waals surface area contributed by atoms with Gasteiger partial charge >= 0.3 is 0 Å². The fourth-order valence-electron chi connectivity index (χ4n) is 1.61. The second-order valence-electron chi connectivity index (χ2n) is 3.96. The molecule has 2 aromatic rings. The summed E-state index contributed by atoms with van der Waals surface area (Å²) in [6.07, 6.45) is 1.05. The molecule has 0 saturated carbocycles. The van der Waals surface area contributed by atoms with Gasteiger partial charge in [0.15, 0.2) is 0 Å². The van der Waals surface area contributed by atoms with E-state index in [-0.39, 0.29) is 5.75 Å². The second kappa shape index (κ2) is 5.39. The maximum absolute atomic E-state index is 9.30. The van der Waals surface area contributed by atoms with Crippen LogP contribution in [0, 0.1) is 0 Å². The Kier molecular flexibility index (Phi) is 3.66. The Morgan fingerprint density at radius 1 is 1.00 bits per heavy atom. The lowest BCUT2D eigenvalue weighted by Crippen LogP contribution is -1.95. The van der Waals surface area contributed by atoms with E-state index in [0.29, 0.717) is 12.4 Å². The van der Waals surface area contributed by atoms with E-state index < -0.39 is 0 Å². The summed E-state index contributed by atoms with van der Waals surface area (Å²) in [5.41, 5.74) is 2.46. The molecule has 2 rings (SSSR count). The highest BCUT2D eigenvalue weighted by Crippen LogP contribution is 2.19. The first-order chi connectivity index (χ1) is 8.28. The van der Waals surface area contributed by atoms with Gasteiger partial charge in [-0.25, -0.2) is 0 Å². The minimum absolute atomic E-state index is 0.226. The Morgan fingerprint density at radius 2 is 1.71 bits per heavy atom. The number of aryl methyl sites for hydroxylation is 1. The van der Waals surface area contributed by atoms with Gasteiger partial charge in [-0.1, -0.05) is 37.3 Å². The highest BCUT2D eigenvalue weighted by atomic mass is 16.5. The monoisotopic (exact) mass is 228 g/mol.